The number of amides is 1. The Labute approximate surface area is 162 Å². The predicted molar refractivity (Wildman–Crippen MR) is 114 cm³/mol. The molecule has 1 atom stereocenters. The normalized spacial score (nSPS) is 16.0. The molecule has 2 N–H and O–H groups in total. The Morgan fingerprint density at radius 1 is 0.963 bits per heavy atom. The molecule has 1 aliphatic heterocycles. The number of piperazine rings is 1. The predicted octanol–water partition coefficient (Wildman–Crippen LogP) is 3.58. The van der Waals surface area contributed by atoms with Gasteiger partial charge < -0.3 is 20.4 Å². The van der Waals surface area contributed by atoms with Crippen LogP contribution < -0.4 is 15.5 Å². The zero-order valence-corrected chi connectivity index (χ0v) is 16.5. The van der Waals surface area contributed by atoms with Gasteiger partial charge in [-0.3, -0.25) is 4.79 Å². The molecule has 0 radical (unpaired) electrons. The number of carbonyl (C=O) groups is 1. The second kappa shape index (κ2) is 8.91. The Balaban J connectivity index is 1.52. The second-order valence-corrected chi connectivity index (χ2v) is 7.19. The highest BCUT2D eigenvalue weighted by atomic mass is 16.2. The lowest BCUT2D eigenvalue weighted by Gasteiger charge is -2.35. The molecule has 3 rings (SSSR count). The van der Waals surface area contributed by atoms with Crippen molar-refractivity contribution in [1.82, 2.24) is 4.90 Å². The molecule has 5 heteroatoms. The third-order valence-electron chi connectivity index (χ3n) is 5.15. The fraction of sp³-hybridized carbons (Fsp3) is 0.409. The molecular formula is C22H30N4O. The number of aryl methyl sites for hydroxylation is 1. The molecule has 0 bridgehead atoms. The maximum Gasteiger partial charge on any atom is 0.246 e. The summed E-state index contributed by atoms with van der Waals surface area (Å²) in [5, 5.41) is 6.23. The number of anilines is 3. The first-order valence-corrected chi connectivity index (χ1v) is 9.76. The van der Waals surface area contributed by atoms with E-state index in [4.69, 9.17) is 0 Å². The van der Waals surface area contributed by atoms with Gasteiger partial charge in [0.2, 0.25) is 5.91 Å². The summed E-state index contributed by atoms with van der Waals surface area (Å²) in [5.74, 6) is -0.0429. The van der Waals surface area contributed by atoms with Crippen LogP contribution in [0.25, 0.3) is 0 Å². The zero-order chi connectivity index (χ0) is 19.2. The summed E-state index contributed by atoms with van der Waals surface area (Å²) in [5.41, 5.74) is 4.20. The van der Waals surface area contributed by atoms with E-state index in [0.717, 1.165) is 44.1 Å². The fourth-order valence-electron chi connectivity index (χ4n) is 3.29. The molecule has 27 heavy (non-hydrogen) atoms. The van der Waals surface area contributed by atoms with Gasteiger partial charge in [-0.05, 0) is 56.8 Å². The highest BCUT2D eigenvalue weighted by Crippen LogP contribution is 2.20. The van der Waals surface area contributed by atoms with Crippen molar-refractivity contribution in [1.29, 1.82) is 0 Å². The number of likely N-dealkylation sites (N-methyl/N-ethyl adjacent to an activating group) is 1. The van der Waals surface area contributed by atoms with Crippen LogP contribution in [0.3, 0.4) is 0 Å². The standard InChI is InChI=1S/C22H30N4O/c1-4-25-13-15-26(16-14-25)21-11-9-19(10-12-21)23-18(3)22(27)24-20-7-5-17(2)6-8-20/h5-12,18,23H,4,13-16H2,1-3H3,(H,24,27)/t18-/m0/s1. The highest BCUT2D eigenvalue weighted by molar-refractivity contribution is 5.96. The van der Waals surface area contributed by atoms with E-state index in [0.29, 0.717) is 0 Å². The molecule has 0 saturated carbocycles. The van der Waals surface area contributed by atoms with Crippen molar-refractivity contribution < 1.29 is 4.79 Å². The largest absolute Gasteiger partial charge is 0.374 e. The van der Waals surface area contributed by atoms with Crippen LogP contribution in [-0.4, -0.2) is 49.6 Å². The summed E-state index contributed by atoms with van der Waals surface area (Å²) in [6.45, 7) is 11.6. The van der Waals surface area contributed by atoms with E-state index in [1.54, 1.807) is 0 Å². The van der Waals surface area contributed by atoms with Crippen LogP contribution in [0, 0.1) is 6.92 Å². The van der Waals surface area contributed by atoms with E-state index in [2.05, 4.69) is 51.6 Å². The second-order valence-electron chi connectivity index (χ2n) is 7.19. The van der Waals surface area contributed by atoms with Crippen LogP contribution >= 0.6 is 0 Å². The summed E-state index contributed by atoms with van der Waals surface area (Å²) in [4.78, 5) is 17.3. The van der Waals surface area contributed by atoms with Gasteiger partial charge in [0.05, 0.1) is 0 Å². The molecule has 0 spiro atoms. The summed E-state index contributed by atoms with van der Waals surface area (Å²) in [6.07, 6.45) is 0. The van der Waals surface area contributed by atoms with Crippen LogP contribution in [-0.2, 0) is 4.79 Å². The Kier molecular flexibility index (Phi) is 6.35. The minimum atomic E-state index is -0.315. The molecule has 1 amide bonds. The first-order chi connectivity index (χ1) is 13.0. The van der Waals surface area contributed by atoms with Crippen molar-refractivity contribution in [2.24, 2.45) is 0 Å². The zero-order valence-electron chi connectivity index (χ0n) is 16.5. The van der Waals surface area contributed by atoms with Crippen LogP contribution in [0.15, 0.2) is 48.5 Å². The first kappa shape index (κ1) is 19.2. The molecule has 144 valence electrons. The Morgan fingerprint density at radius 3 is 2.15 bits per heavy atom. The summed E-state index contributed by atoms with van der Waals surface area (Å²) in [6, 6.07) is 15.9. The van der Waals surface area contributed by atoms with Gasteiger partial charge in [-0.15, -0.1) is 0 Å². The Morgan fingerprint density at radius 2 is 1.56 bits per heavy atom. The number of carbonyl (C=O) groups excluding carboxylic acids is 1. The van der Waals surface area contributed by atoms with E-state index in [1.807, 2.05) is 38.1 Å². The van der Waals surface area contributed by atoms with Crippen molar-refractivity contribution in [3.63, 3.8) is 0 Å². The smallest absolute Gasteiger partial charge is 0.246 e. The molecule has 0 aromatic heterocycles. The fourth-order valence-corrected chi connectivity index (χ4v) is 3.29. The Bertz CT molecular complexity index is 734. The average Bonchev–Trinajstić information content (AvgIpc) is 2.70. The lowest BCUT2D eigenvalue weighted by atomic mass is 10.2. The maximum absolute atomic E-state index is 12.4. The summed E-state index contributed by atoms with van der Waals surface area (Å²) >= 11 is 0. The van der Waals surface area contributed by atoms with E-state index in [1.165, 1.54) is 11.3 Å². The summed E-state index contributed by atoms with van der Waals surface area (Å²) < 4.78 is 0. The van der Waals surface area contributed by atoms with Crippen molar-refractivity contribution in [2.75, 3.05) is 48.3 Å². The third-order valence-corrected chi connectivity index (χ3v) is 5.15. The highest BCUT2D eigenvalue weighted by Gasteiger charge is 2.16. The molecule has 2 aromatic rings. The van der Waals surface area contributed by atoms with Crippen LogP contribution in [0.2, 0.25) is 0 Å². The third kappa shape index (κ3) is 5.23. The van der Waals surface area contributed by atoms with Crippen LogP contribution in [0.1, 0.15) is 19.4 Å². The van der Waals surface area contributed by atoms with Gasteiger partial charge in [-0.1, -0.05) is 24.6 Å². The molecule has 1 saturated heterocycles. The summed E-state index contributed by atoms with van der Waals surface area (Å²) in [7, 11) is 0. The topological polar surface area (TPSA) is 47.6 Å². The number of hydrogen-bond acceptors (Lipinski definition) is 4. The van der Waals surface area contributed by atoms with Crippen molar-refractivity contribution in [2.45, 2.75) is 26.8 Å². The van der Waals surface area contributed by atoms with Gasteiger partial charge in [0, 0.05) is 43.2 Å². The molecule has 5 nitrogen and oxygen atoms in total. The van der Waals surface area contributed by atoms with Crippen molar-refractivity contribution >= 4 is 23.0 Å². The molecule has 1 heterocycles. The number of hydrogen-bond donors (Lipinski definition) is 2. The van der Waals surface area contributed by atoms with E-state index < -0.39 is 0 Å². The van der Waals surface area contributed by atoms with Gasteiger partial charge in [0.15, 0.2) is 0 Å². The Hall–Kier alpha value is -2.53. The molecule has 0 unspecified atom stereocenters. The molecular weight excluding hydrogens is 336 g/mol. The quantitative estimate of drug-likeness (QED) is 0.820. The lowest BCUT2D eigenvalue weighted by molar-refractivity contribution is -0.116. The van der Waals surface area contributed by atoms with Gasteiger partial charge in [-0.25, -0.2) is 0 Å². The first-order valence-electron chi connectivity index (χ1n) is 9.76. The monoisotopic (exact) mass is 366 g/mol. The average molecular weight is 367 g/mol. The van der Waals surface area contributed by atoms with Crippen molar-refractivity contribution in [3.8, 4) is 0 Å². The van der Waals surface area contributed by atoms with Gasteiger partial charge in [0.25, 0.3) is 0 Å². The SMILES string of the molecule is CCN1CCN(c2ccc(N[C@@H](C)C(=O)Nc3ccc(C)cc3)cc2)CC1. The van der Waals surface area contributed by atoms with Crippen LogP contribution in [0.4, 0.5) is 17.1 Å². The number of benzene rings is 2. The minimum absolute atomic E-state index is 0.0429. The number of nitrogens with one attached hydrogen (secondary N) is 2. The molecule has 1 fully saturated rings. The van der Waals surface area contributed by atoms with Gasteiger partial charge in [0.1, 0.15) is 6.04 Å². The van der Waals surface area contributed by atoms with Gasteiger partial charge in [-0.2, -0.15) is 0 Å². The maximum atomic E-state index is 12.4. The van der Waals surface area contributed by atoms with Crippen LogP contribution in [0.5, 0.6) is 0 Å². The van der Waals surface area contributed by atoms with Gasteiger partial charge >= 0.3 is 0 Å². The molecule has 0 aliphatic carbocycles. The number of nitrogens with zero attached hydrogens (tertiary/aromatic N) is 2. The minimum Gasteiger partial charge on any atom is -0.374 e. The van der Waals surface area contributed by atoms with E-state index in [9.17, 15) is 4.79 Å². The lowest BCUT2D eigenvalue weighted by Crippen LogP contribution is -2.46. The van der Waals surface area contributed by atoms with E-state index in [-0.39, 0.29) is 11.9 Å². The molecule has 2 aromatic carbocycles. The number of rotatable bonds is 6. The van der Waals surface area contributed by atoms with Crippen molar-refractivity contribution in [3.05, 3.63) is 54.1 Å². The molecule has 1 aliphatic rings. The van der Waals surface area contributed by atoms with E-state index >= 15 is 0 Å².